The number of alkyl halides is 3. The zero-order valence-electron chi connectivity index (χ0n) is 10.2. The number of hydrogen-bond acceptors (Lipinski definition) is 1. The zero-order valence-corrected chi connectivity index (χ0v) is 10.2. The van der Waals surface area contributed by atoms with Crippen LogP contribution < -0.4 is 0 Å². The standard InChI is InChI=1S/C12H22F3N/c1-10(2)9-11-5-3-4-7-16(11)8-6-12(13,14)15/h10-11H,3-9H2,1-2H3. The molecule has 1 aliphatic rings. The third kappa shape index (κ3) is 5.19. The Labute approximate surface area is 96.0 Å². The first-order valence-corrected chi connectivity index (χ1v) is 6.19. The highest BCUT2D eigenvalue weighted by Crippen LogP contribution is 2.26. The van der Waals surface area contributed by atoms with Gasteiger partial charge < -0.3 is 4.90 Å². The van der Waals surface area contributed by atoms with Crippen molar-refractivity contribution >= 4 is 0 Å². The van der Waals surface area contributed by atoms with Crippen molar-refractivity contribution in [2.45, 2.75) is 58.2 Å². The van der Waals surface area contributed by atoms with Crippen LogP contribution in [-0.2, 0) is 0 Å². The van der Waals surface area contributed by atoms with Gasteiger partial charge in [-0.1, -0.05) is 20.3 Å². The molecule has 1 rings (SSSR count). The topological polar surface area (TPSA) is 3.24 Å². The fourth-order valence-corrected chi connectivity index (χ4v) is 2.44. The van der Waals surface area contributed by atoms with Crippen LogP contribution in [0.2, 0.25) is 0 Å². The second kappa shape index (κ2) is 5.89. The van der Waals surface area contributed by atoms with Crippen LogP contribution in [0.4, 0.5) is 13.2 Å². The molecule has 0 saturated carbocycles. The lowest BCUT2D eigenvalue weighted by atomic mass is 9.94. The highest BCUT2D eigenvalue weighted by atomic mass is 19.4. The van der Waals surface area contributed by atoms with Crippen LogP contribution >= 0.6 is 0 Å². The number of rotatable bonds is 4. The van der Waals surface area contributed by atoms with Crippen LogP contribution in [0.1, 0.15) is 46.0 Å². The van der Waals surface area contributed by atoms with Crippen LogP contribution in [0.15, 0.2) is 0 Å². The van der Waals surface area contributed by atoms with E-state index in [1.54, 1.807) is 0 Å². The number of hydrogen-bond donors (Lipinski definition) is 0. The lowest BCUT2D eigenvalue weighted by Crippen LogP contribution is -2.41. The molecule has 96 valence electrons. The van der Waals surface area contributed by atoms with Gasteiger partial charge in [0.2, 0.25) is 0 Å². The summed E-state index contributed by atoms with van der Waals surface area (Å²) < 4.78 is 36.5. The van der Waals surface area contributed by atoms with Crippen molar-refractivity contribution < 1.29 is 13.2 Å². The van der Waals surface area contributed by atoms with Crippen molar-refractivity contribution in [3.8, 4) is 0 Å². The minimum absolute atomic E-state index is 0.181. The van der Waals surface area contributed by atoms with Gasteiger partial charge in [-0.25, -0.2) is 0 Å². The molecule has 1 aliphatic heterocycles. The van der Waals surface area contributed by atoms with Gasteiger partial charge in [0, 0.05) is 12.6 Å². The maximum Gasteiger partial charge on any atom is 0.390 e. The second-order valence-electron chi connectivity index (χ2n) is 5.18. The zero-order chi connectivity index (χ0) is 12.2. The molecule has 4 heteroatoms. The Balaban J connectivity index is 2.41. The summed E-state index contributed by atoms with van der Waals surface area (Å²) in [6, 6.07) is 0.371. The van der Waals surface area contributed by atoms with Crippen LogP contribution in [0.25, 0.3) is 0 Å². The molecule has 0 aromatic rings. The van der Waals surface area contributed by atoms with E-state index in [-0.39, 0.29) is 6.54 Å². The Bertz CT molecular complexity index is 201. The van der Waals surface area contributed by atoms with Crippen LogP contribution in [0, 0.1) is 5.92 Å². The van der Waals surface area contributed by atoms with Crippen LogP contribution in [0.5, 0.6) is 0 Å². The molecule has 0 spiro atoms. The molecule has 0 aromatic heterocycles. The Kier molecular flexibility index (Phi) is 5.09. The summed E-state index contributed by atoms with van der Waals surface area (Å²) in [5, 5.41) is 0. The SMILES string of the molecule is CC(C)CC1CCCCN1CCC(F)(F)F. The van der Waals surface area contributed by atoms with Gasteiger partial charge in [-0.15, -0.1) is 0 Å². The quantitative estimate of drug-likeness (QED) is 0.718. The molecule has 0 N–H and O–H groups in total. The molecule has 0 aromatic carbocycles. The number of halogens is 3. The van der Waals surface area contributed by atoms with E-state index >= 15 is 0 Å². The number of likely N-dealkylation sites (tertiary alicyclic amines) is 1. The van der Waals surface area contributed by atoms with Gasteiger partial charge in [-0.3, -0.25) is 0 Å². The van der Waals surface area contributed by atoms with Gasteiger partial charge in [0.1, 0.15) is 0 Å². The first kappa shape index (κ1) is 13.8. The third-order valence-corrected chi connectivity index (χ3v) is 3.18. The summed E-state index contributed by atoms with van der Waals surface area (Å²) >= 11 is 0. The van der Waals surface area contributed by atoms with Gasteiger partial charge in [0.25, 0.3) is 0 Å². The van der Waals surface area contributed by atoms with Gasteiger partial charge in [-0.2, -0.15) is 13.2 Å². The van der Waals surface area contributed by atoms with Gasteiger partial charge >= 0.3 is 6.18 Å². The van der Waals surface area contributed by atoms with E-state index in [4.69, 9.17) is 0 Å². The van der Waals surface area contributed by atoms with Crippen molar-refractivity contribution in [1.82, 2.24) is 4.90 Å². The van der Waals surface area contributed by atoms with Gasteiger partial charge in [-0.05, 0) is 31.7 Å². The Morgan fingerprint density at radius 1 is 1.25 bits per heavy atom. The van der Waals surface area contributed by atoms with E-state index in [1.165, 1.54) is 6.42 Å². The maximum absolute atomic E-state index is 12.2. The monoisotopic (exact) mass is 237 g/mol. The van der Waals surface area contributed by atoms with Crippen LogP contribution in [0.3, 0.4) is 0 Å². The first-order valence-electron chi connectivity index (χ1n) is 6.19. The van der Waals surface area contributed by atoms with Crippen LogP contribution in [-0.4, -0.2) is 30.2 Å². The number of piperidine rings is 1. The average molecular weight is 237 g/mol. The Morgan fingerprint density at radius 2 is 1.94 bits per heavy atom. The number of nitrogens with zero attached hydrogens (tertiary/aromatic N) is 1. The van der Waals surface area contributed by atoms with Crippen molar-refractivity contribution in [2.24, 2.45) is 5.92 Å². The van der Waals surface area contributed by atoms with E-state index in [1.807, 2.05) is 4.90 Å². The Morgan fingerprint density at radius 3 is 2.50 bits per heavy atom. The summed E-state index contributed by atoms with van der Waals surface area (Å²) in [5.74, 6) is 0.566. The van der Waals surface area contributed by atoms with E-state index in [0.29, 0.717) is 12.0 Å². The molecule has 1 fully saturated rings. The van der Waals surface area contributed by atoms with Crippen molar-refractivity contribution in [1.29, 1.82) is 0 Å². The van der Waals surface area contributed by atoms with E-state index in [0.717, 1.165) is 25.8 Å². The second-order valence-corrected chi connectivity index (χ2v) is 5.18. The molecular weight excluding hydrogens is 215 g/mol. The van der Waals surface area contributed by atoms with Crippen molar-refractivity contribution in [3.05, 3.63) is 0 Å². The maximum atomic E-state index is 12.2. The van der Waals surface area contributed by atoms with Crippen molar-refractivity contribution in [3.63, 3.8) is 0 Å². The van der Waals surface area contributed by atoms with E-state index in [9.17, 15) is 13.2 Å². The third-order valence-electron chi connectivity index (χ3n) is 3.18. The molecule has 0 bridgehead atoms. The van der Waals surface area contributed by atoms with E-state index in [2.05, 4.69) is 13.8 Å². The predicted octanol–water partition coefficient (Wildman–Crippen LogP) is 3.84. The van der Waals surface area contributed by atoms with E-state index < -0.39 is 12.6 Å². The molecule has 1 unspecified atom stereocenters. The fraction of sp³-hybridized carbons (Fsp3) is 1.00. The molecule has 1 atom stereocenters. The highest BCUT2D eigenvalue weighted by molar-refractivity contribution is 4.78. The molecule has 0 radical (unpaired) electrons. The summed E-state index contributed by atoms with van der Waals surface area (Å²) in [4.78, 5) is 2.04. The average Bonchev–Trinajstić information content (AvgIpc) is 2.14. The molecule has 1 heterocycles. The minimum Gasteiger partial charge on any atom is -0.300 e. The lowest BCUT2D eigenvalue weighted by molar-refractivity contribution is -0.140. The molecule has 16 heavy (non-hydrogen) atoms. The molecule has 0 amide bonds. The normalized spacial score (nSPS) is 24.0. The minimum atomic E-state index is -4.01. The van der Waals surface area contributed by atoms with Gasteiger partial charge in [0.05, 0.1) is 6.42 Å². The highest BCUT2D eigenvalue weighted by Gasteiger charge is 2.30. The van der Waals surface area contributed by atoms with Gasteiger partial charge in [0.15, 0.2) is 0 Å². The summed E-state index contributed by atoms with van der Waals surface area (Å²) in [6.07, 6.45) is -0.373. The lowest BCUT2D eigenvalue weighted by Gasteiger charge is -2.36. The summed E-state index contributed by atoms with van der Waals surface area (Å²) in [5.41, 5.74) is 0. The predicted molar refractivity (Wildman–Crippen MR) is 59.3 cm³/mol. The molecular formula is C12H22F3N. The fourth-order valence-electron chi connectivity index (χ4n) is 2.44. The largest absolute Gasteiger partial charge is 0.390 e. The summed E-state index contributed by atoms with van der Waals surface area (Å²) in [6.45, 7) is 5.29. The smallest absolute Gasteiger partial charge is 0.300 e. The summed E-state index contributed by atoms with van der Waals surface area (Å²) in [7, 11) is 0. The Hall–Kier alpha value is -0.250. The van der Waals surface area contributed by atoms with Crippen molar-refractivity contribution in [2.75, 3.05) is 13.1 Å². The first-order chi connectivity index (χ1) is 7.38. The molecule has 1 nitrogen and oxygen atoms in total. The molecule has 0 aliphatic carbocycles. The molecule has 1 saturated heterocycles.